The summed E-state index contributed by atoms with van der Waals surface area (Å²) in [4.78, 5) is 11.0. The van der Waals surface area contributed by atoms with Gasteiger partial charge < -0.3 is 5.11 Å². The fourth-order valence-corrected chi connectivity index (χ4v) is 3.76. The Morgan fingerprint density at radius 3 is 2.38 bits per heavy atom. The molecule has 0 spiro atoms. The molecular weight excluding hydrogens is 314 g/mol. The standard InChI is InChI=1S/C14H20ClNO4S/c1-9-7-10(15)5-6-11(9)21(19,20)16-12(8-13(17)18)14(2,3)4/h5-7,12,16H,8H2,1-4H3,(H,17,18). The highest BCUT2D eigenvalue weighted by molar-refractivity contribution is 7.89. The van der Waals surface area contributed by atoms with Gasteiger partial charge >= 0.3 is 5.97 Å². The largest absolute Gasteiger partial charge is 0.481 e. The number of hydrogen-bond acceptors (Lipinski definition) is 3. The first-order valence-corrected chi connectivity index (χ1v) is 8.30. The van der Waals surface area contributed by atoms with E-state index in [9.17, 15) is 13.2 Å². The summed E-state index contributed by atoms with van der Waals surface area (Å²) in [6.45, 7) is 7.01. The summed E-state index contributed by atoms with van der Waals surface area (Å²) < 4.78 is 27.4. The van der Waals surface area contributed by atoms with Crippen LogP contribution >= 0.6 is 11.6 Å². The molecule has 2 N–H and O–H groups in total. The average Bonchev–Trinajstić information content (AvgIpc) is 2.24. The zero-order valence-electron chi connectivity index (χ0n) is 12.5. The van der Waals surface area contributed by atoms with Gasteiger partial charge in [-0.2, -0.15) is 0 Å². The van der Waals surface area contributed by atoms with Gasteiger partial charge in [0, 0.05) is 11.1 Å². The Morgan fingerprint density at radius 2 is 1.95 bits per heavy atom. The van der Waals surface area contributed by atoms with E-state index >= 15 is 0 Å². The lowest BCUT2D eigenvalue weighted by atomic mass is 9.85. The molecule has 1 aromatic rings. The predicted octanol–water partition coefficient (Wildman–Crippen LogP) is 2.82. The van der Waals surface area contributed by atoms with Crippen LogP contribution in [0.5, 0.6) is 0 Å². The van der Waals surface area contributed by atoms with E-state index in [0.29, 0.717) is 10.6 Å². The van der Waals surface area contributed by atoms with Gasteiger partial charge in [-0.1, -0.05) is 32.4 Å². The van der Waals surface area contributed by atoms with E-state index in [1.807, 2.05) is 0 Å². The highest BCUT2D eigenvalue weighted by Gasteiger charge is 2.32. The minimum Gasteiger partial charge on any atom is -0.481 e. The summed E-state index contributed by atoms with van der Waals surface area (Å²) in [6.07, 6.45) is -0.282. The van der Waals surface area contributed by atoms with Gasteiger partial charge in [0.25, 0.3) is 0 Å². The normalized spacial score (nSPS) is 14.0. The number of carboxylic acid groups (broad SMARTS) is 1. The lowest BCUT2D eigenvalue weighted by Crippen LogP contribution is -2.45. The number of nitrogens with one attached hydrogen (secondary N) is 1. The van der Waals surface area contributed by atoms with Crippen molar-refractivity contribution in [3.8, 4) is 0 Å². The van der Waals surface area contributed by atoms with E-state index in [0.717, 1.165) is 0 Å². The number of sulfonamides is 1. The van der Waals surface area contributed by atoms with Crippen LogP contribution in [-0.2, 0) is 14.8 Å². The fraction of sp³-hybridized carbons (Fsp3) is 0.500. The molecule has 7 heteroatoms. The van der Waals surface area contributed by atoms with Crippen LogP contribution in [0.15, 0.2) is 23.1 Å². The molecular formula is C14H20ClNO4S. The molecule has 0 aliphatic carbocycles. The number of aryl methyl sites for hydroxylation is 1. The first-order chi connectivity index (χ1) is 9.43. The first-order valence-electron chi connectivity index (χ1n) is 6.44. The van der Waals surface area contributed by atoms with Crippen molar-refractivity contribution in [2.45, 2.75) is 45.1 Å². The monoisotopic (exact) mass is 333 g/mol. The maximum Gasteiger partial charge on any atom is 0.304 e. The molecule has 1 rings (SSSR count). The Morgan fingerprint density at radius 1 is 1.38 bits per heavy atom. The second kappa shape index (κ2) is 6.34. The lowest BCUT2D eigenvalue weighted by molar-refractivity contribution is -0.138. The first kappa shape index (κ1) is 17.9. The molecule has 1 unspecified atom stereocenters. The van der Waals surface area contributed by atoms with Crippen molar-refractivity contribution in [3.63, 3.8) is 0 Å². The van der Waals surface area contributed by atoms with Gasteiger partial charge in [0.05, 0.1) is 11.3 Å². The van der Waals surface area contributed by atoms with Crippen LogP contribution in [0.25, 0.3) is 0 Å². The molecule has 0 radical (unpaired) electrons. The molecule has 0 saturated carbocycles. The van der Waals surface area contributed by atoms with E-state index in [2.05, 4.69) is 4.72 Å². The maximum atomic E-state index is 12.5. The third-order valence-electron chi connectivity index (χ3n) is 3.15. The summed E-state index contributed by atoms with van der Waals surface area (Å²) in [5.74, 6) is -1.05. The number of aliphatic carboxylic acids is 1. The van der Waals surface area contributed by atoms with Crippen molar-refractivity contribution in [3.05, 3.63) is 28.8 Å². The van der Waals surface area contributed by atoms with Crippen LogP contribution in [0.3, 0.4) is 0 Å². The SMILES string of the molecule is Cc1cc(Cl)ccc1S(=O)(=O)NC(CC(=O)O)C(C)(C)C. The van der Waals surface area contributed by atoms with E-state index in [1.54, 1.807) is 33.8 Å². The third kappa shape index (κ3) is 4.98. The van der Waals surface area contributed by atoms with Gasteiger partial charge in [-0.05, 0) is 36.1 Å². The molecule has 1 aromatic carbocycles. The molecule has 118 valence electrons. The molecule has 0 aromatic heterocycles. The zero-order chi connectivity index (χ0) is 16.4. The van der Waals surface area contributed by atoms with Crippen molar-refractivity contribution in [1.82, 2.24) is 4.72 Å². The Labute approximate surface area is 130 Å². The second-order valence-corrected chi connectivity index (χ2v) is 8.17. The Hall–Kier alpha value is -1.11. The lowest BCUT2D eigenvalue weighted by Gasteiger charge is -2.30. The van der Waals surface area contributed by atoms with Crippen LogP contribution in [0, 0.1) is 12.3 Å². The van der Waals surface area contributed by atoms with Crippen molar-refractivity contribution < 1.29 is 18.3 Å². The number of rotatable bonds is 5. The number of benzene rings is 1. The minimum absolute atomic E-state index is 0.103. The van der Waals surface area contributed by atoms with E-state index in [4.69, 9.17) is 16.7 Å². The van der Waals surface area contributed by atoms with Crippen LogP contribution < -0.4 is 4.72 Å². The maximum absolute atomic E-state index is 12.5. The van der Waals surface area contributed by atoms with Crippen molar-refractivity contribution in [1.29, 1.82) is 0 Å². The Kier molecular flexibility index (Phi) is 5.41. The van der Waals surface area contributed by atoms with Gasteiger partial charge in [0.1, 0.15) is 0 Å². The summed E-state index contributed by atoms with van der Waals surface area (Å²) in [5.41, 5.74) is -0.0100. The second-order valence-electron chi connectivity index (χ2n) is 6.05. The van der Waals surface area contributed by atoms with Gasteiger partial charge in [-0.25, -0.2) is 13.1 Å². The third-order valence-corrected chi connectivity index (χ3v) is 5.02. The molecule has 0 aliphatic heterocycles. The van der Waals surface area contributed by atoms with Crippen LogP contribution in [-0.4, -0.2) is 25.5 Å². The molecule has 0 amide bonds. The van der Waals surface area contributed by atoms with Gasteiger partial charge in [-0.3, -0.25) is 4.79 Å². The van der Waals surface area contributed by atoms with Crippen LogP contribution in [0.2, 0.25) is 5.02 Å². The molecule has 0 fully saturated rings. The number of halogens is 1. The molecule has 21 heavy (non-hydrogen) atoms. The topological polar surface area (TPSA) is 83.5 Å². The number of carbonyl (C=O) groups is 1. The minimum atomic E-state index is -3.81. The molecule has 0 heterocycles. The summed E-state index contributed by atoms with van der Waals surface area (Å²) in [7, 11) is -3.81. The predicted molar refractivity (Wildman–Crippen MR) is 82.0 cm³/mol. The molecule has 0 bridgehead atoms. The van der Waals surface area contributed by atoms with Crippen molar-refractivity contribution >= 4 is 27.6 Å². The quantitative estimate of drug-likeness (QED) is 0.867. The highest BCUT2D eigenvalue weighted by atomic mass is 35.5. The van der Waals surface area contributed by atoms with Crippen molar-refractivity contribution in [2.75, 3.05) is 0 Å². The van der Waals surface area contributed by atoms with Crippen LogP contribution in [0.4, 0.5) is 0 Å². The van der Waals surface area contributed by atoms with E-state index in [-0.39, 0.29) is 11.3 Å². The number of hydrogen-bond donors (Lipinski definition) is 2. The Balaban J connectivity index is 3.14. The molecule has 0 aliphatic rings. The summed E-state index contributed by atoms with van der Waals surface area (Å²) in [6, 6.07) is 3.75. The zero-order valence-corrected chi connectivity index (χ0v) is 14.0. The van der Waals surface area contributed by atoms with Crippen LogP contribution in [0.1, 0.15) is 32.8 Å². The molecule has 1 atom stereocenters. The van der Waals surface area contributed by atoms with Gasteiger partial charge in [0.2, 0.25) is 10.0 Å². The average molecular weight is 334 g/mol. The Bertz CT molecular complexity index is 635. The van der Waals surface area contributed by atoms with Gasteiger partial charge in [0.15, 0.2) is 0 Å². The van der Waals surface area contributed by atoms with Crippen molar-refractivity contribution in [2.24, 2.45) is 5.41 Å². The van der Waals surface area contributed by atoms with E-state index in [1.165, 1.54) is 12.1 Å². The van der Waals surface area contributed by atoms with E-state index < -0.39 is 27.4 Å². The summed E-state index contributed by atoms with van der Waals surface area (Å²) >= 11 is 5.82. The van der Waals surface area contributed by atoms with Gasteiger partial charge in [-0.15, -0.1) is 0 Å². The molecule has 0 saturated heterocycles. The summed E-state index contributed by atoms with van der Waals surface area (Å²) in [5, 5.41) is 9.40. The smallest absolute Gasteiger partial charge is 0.304 e. The highest BCUT2D eigenvalue weighted by Crippen LogP contribution is 2.25. The molecule has 5 nitrogen and oxygen atoms in total. The fourth-order valence-electron chi connectivity index (χ4n) is 1.86. The number of carboxylic acids is 1.